The maximum Gasteiger partial charge on any atom is 0.270 e. The smallest absolute Gasteiger partial charge is 0.258 e. The molecule has 24 heavy (non-hydrogen) atoms. The zero-order valence-electron chi connectivity index (χ0n) is 13.0. The number of non-ortho nitro benzene ring substituents is 1. The van der Waals surface area contributed by atoms with Gasteiger partial charge in [-0.3, -0.25) is 10.1 Å². The molecule has 2 rings (SSSR count). The number of nitrogens with zero attached hydrogens (tertiary/aromatic N) is 1. The van der Waals surface area contributed by atoms with Gasteiger partial charge >= 0.3 is 0 Å². The Kier molecular flexibility index (Phi) is 5.93. The monoisotopic (exact) mass is 368 g/mol. The first-order chi connectivity index (χ1) is 11.3. The number of aryl methyl sites for hydroxylation is 2. The van der Waals surface area contributed by atoms with Gasteiger partial charge in [0.2, 0.25) is 10.0 Å². The number of nitrogens with one attached hydrogen (secondary N) is 1. The molecule has 8 heteroatoms. The maximum absolute atomic E-state index is 12.3. The Bertz CT molecular complexity index is 836. The number of hydrogen-bond acceptors (Lipinski definition) is 4. The fourth-order valence-corrected chi connectivity index (χ4v) is 3.68. The number of benzene rings is 2. The summed E-state index contributed by atoms with van der Waals surface area (Å²) in [7, 11) is -3.78. The Morgan fingerprint density at radius 2 is 1.83 bits per heavy atom. The molecule has 0 atom stereocenters. The third-order valence-corrected chi connectivity index (χ3v) is 5.37. The first-order valence-electron chi connectivity index (χ1n) is 7.29. The second kappa shape index (κ2) is 7.74. The van der Waals surface area contributed by atoms with Crippen LogP contribution in [0, 0.1) is 17.0 Å². The van der Waals surface area contributed by atoms with E-state index in [-0.39, 0.29) is 17.1 Å². The molecule has 0 bridgehead atoms. The highest BCUT2D eigenvalue weighted by Gasteiger charge is 2.19. The minimum Gasteiger partial charge on any atom is -0.258 e. The second-order valence-corrected chi connectivity index (χ2v) is 7.51. The zero-order chi connectivity index (χ0) is 17.7. The van der Waals surface area contributed by atoms with Crippen LogP contribution in [0.5, 0.6) is 0 Å². The largest absolute Gasteiger partial charge is 0.270 e. The quantitative estimate of drug-likeness (QED) is 0.460. The van der Waals surface area contributed by atoms with Gasteiger partial charge in [0.1, 0.15) is 0 Å². The van der Waals surface area contributed by atoms with Gasteiger partial charge in [-0.25, -0.2) is 13.1 Å². The van der Waals surface area contributed by atoms with Crippen molar-refractivity contribution in [2.24, 2.45) is 0 Å². The van der Waals surface area contributed by atoms with E-state index in [1.165, 1.54) is 12.1 Å². The van der Waals surface area contributed by atoms with Gasteiger partial charge in [-0.05, 0) is 43.0 Å². The van der Waals surface area contributed by atoms with Crippen LogP contribution >= 0.6 is 11.6 Å². The molecule has 0 radical (unpaired) electrons. The lowest BCUT2D eigenvalue weighted by Crippen LogP contribution is -2.26. The molecule has 128 valence electrons. The van der Waals surface area contributed by atoms with Crippen LogP contribution in [0.3, 0.4) is 0 Å². The number of rotatable bonds is 7. The summed E-state index contributed by atoms with van der Waals surface area (Å²) in [4.78, 5) is 10.1. The van der Waals surface area contributed by atoms with Crippen molar-refractivity contribution in [2.45, 2.75) is 24.7 Å². The van der Waals surface area contributed by atoms with E-state index in [1.54, 1.807) is 19.1 Å². The lowest BCUT2D eigenvalue weighted by Gasteiger charge is -2.09. The SMILES string of the molecule is Cc1ccc([N+](=O)[O-])cc1S(=O)(=O)NCCCc1ccc(Cl)cc1. The van der Waals surface area contributed by atoms with Gasteiger partial charge in [-0.2, -0.15) is 0 Å². The Balaban J connectivity index is 2.00. The van der Waals surface area contributed by atoms with E-state index in [2.05, 4.69) is 4.72 Å². The van der Waals surface area contributed by atoms with Crippen LogP contribution in [0.15, 0.2) is 47.4 Å². The van der Waals surface area contributed by atoms with Crippen molar-refractivity contribution in [2.75, 3.05) is 6.54 Å². The average molecular weight is 369 g/mol. The van der Waals surface area contributed by atoms with Gasteiger partial charge in [0.25, 0.3) is 5.69 Å². The van der Waals surface area contributed by atoms with Crippen molar-refractivity contribution in [1.29, 1.82) is 0 Å². The van der Waals surface area contributed by atoms with E-state index in [9.17, 15) is 18.5 Å². The van der Waals surface area contributed by atoms with Crippen molar-refractivity contribution >= 4 is 27.3 Å². The molecule has 2 aromatic carbocycles. The van der Waals surface area contributed by atoms with Crippen molar-refractivity contribution in [3.63, 3.8) is 0 Å². The summed E-state index contributed by atoms with van der Waals surface area (Å²) < 4.78 is 27.2. The predicted molar refractivity (Wildman–Crippen MR) is 92.8 cm³/mol. The third kappa shape index (κ3) is 4.77. The van der Waals surface area contributed by atoms with Crippen LogP contribution in [0.4, 0.5) is 5.69 Å². The predicted octanol–water partition coefficient (Wildman–Crippen LogP) is 3.47. The summed E-state index contributed by atoms with van der Waals surface area (Å²) in [5, 5.41) is 11.5. The molecule has 0 aliphatic carbocycles. The van der Waals surface area contributed by atoms with Crippen molar-refractivity contribution in [3.05, 3.63) is 68.7 Å². The Hall–Kier alpha value is -1.96. The van der Waals surface area contributed by atoms with E-state index in [0.29, 0.717) is 23.4 Å². The second-order valence-electron chi connectivity index (χ2n) is 5.33. The summed E-state index contributed by atoms with van der Waals surface area (Å²) in [6, 6.07) is 11.1. The van der Waals surface area contributed by atoms with Crippen molar-refractivity contribution < 1.29 is 13.3 Å². The van der Waals surface area contributed by atoms with Gasteiger partial charge in [0.05, 0.1) is 9.82 Å². The van der Waals surface area contributed by atoms with Crippen LogP contribution in [0.25, 0.3) is 0 Å². The van der Waals surface area contributed by atoms with E-state index in [1.807, 2.05) is 12.1 Å². The average Bonchev–Trinajstić information content (AvgIpc) is 2.53. The maximum atomic E-state index is 12.3. The minimum absolute atomic E-state index is 0.0665. The van der Waals surface area contributed by atoms with Gasteiger partial charge in [0.15, 0.2) is 0 Å². The molecular formula is C16H17ClN2O4S. The molecule has 0 heterocycles. The number of nitro groups is 1. The van der Waals surface area contributed by atoms with Crippen molar-refractivity contribution in [1.82, 2.24) is 4.72 Å². The number of nitro benzene ring substituents is 1. The van der Waals surface area contributed by atoms with E-state index >= 15 is 0 Å². The molecule has 6 nitrogen and oxygen atoms in total. The van der Waals surface area contributed by atoms with Gasteiger partial charge in [0, 0.05) is 23.7 Å². The Morgan fingerprint density at radius 1 is 1.17 bits per heavy atom. The topological polar surface area (TPSA) is 89.3 Å². The molecule has 1 N–H and O–H groups in total. The molecule has 0 unspecified atom stereocenters. The number of hydrogen-bond donors (Lipinski definition) is 1. The number of sulfonamides is 1. The van der Waals surface area contributed by atoms with E-state index < -0.39 is 14.9 Å². The van der Waals surface area contributed by atoms with Crippen LogP contribution in [0.2, 0.25) is 5.02 Å². The third-order valence-electron chi connectivity index (χ3n) is 3.52. The Morgan fingerprint density at radius 3 is 2.46 bits per heavy atom. The first kappa shape index (κ1) is 18.4. The molecule has 2 aromatic rings. The lowest BCUT2D eigenvalue weighted by molar-refractivity contribution is -0.385. The highest BCUT2D eigenvalue weighted by atomic mass is 35.5. The molecule has 0 spiro atoms. The minimum atomic E-state index is -3.78. The first-order valence-corrected chi connectivity index (χ1v) is 9.15. The molecule has 0 saturated heterocycles. The van der Waals surface area contributed by atoms with E-state index in [4.69, 9.17) is 11.6 Å². The van der Waals surface area contributed by atoms with Crippen LogP contribution in [-0.4, -0.2) is 19.9 Å². The summed E-state index contributed by atoms with van der Waals surface area (Å²) in [5.74, 6) is 0. The van der Waals surface area contributed by atoms with Gasteiger partial charge in [-0.15, -0.1) is 0 Å². The number of halogens is 1. The molecule has 0 aromatic heterocycles. The van der Waals surface area contributed by atoms with Crippen LogP contribution in [-0.2, 0) is 16.4 Å². The molecule has 0 amide bonds. The van der Waals surface area contributed by atoms with Crippen LogP contribution in [0.1, 0.15) is 17.5 Å². The van der Waals surface area contributed by atoms with Crippen molar-refractivity contribution in [3.8, 4) is 0 Å². The standard InChI is InChI=1S/C16H17ClN2O4S/c1-12-4-9-15(19(20)21)11-16(12)24(22,23)18-10-2-3-13-5-7-14(17)8-6-13/h4-9,11,18H,2-3,10H2,1H3. The zero-order valence-corrected chi connectivity index (χ0v) is 14.6. The van der Waals surface area contributed by atoms with Gasteiger partial charge in [-0.1, -0.05) is 29.8 Å². The summed E-state index contributed by atoms with van der Waals surface area (Å²) in [5.41, 5.74) is 1.28. The molecule has 0 saturated carbocycles. The highest BCUT2D eigenvalue weighted by molar-refractivity contribution is 7.89. The lowest BCUT2D eigenvalue weighted by atomic mass is 10.1. The highest BCUT2D eigenvalue weighted by Crippen LogP contribution is 2.21. The molecule has 0 aliphatic heterocycles. The van der Waals surface area contributed by atoms with Crippen LogP contribution < -0.4 is 4.72 Å². The fourth-order valence-electron chi connectivity index (χ4n) is 2.22. The van der Waals surface area contributed by atoms with Gasteiger partial charge < -0.3 is 0 Å². The summed E-state index contributed by atoms with van der Waals surface area (Å²) in [6.07, 6.45) is 1.31. The summed E-state index contributed by atoms with van der Waals surface area (Å²) in [6.45, 7) is 1.85. The van der Waals surface area contributed by atoms with E-state index in [0.717, 1.165) is 11.6 Å². The molecule has 0 fully saturated rings. The normalized spacial score (nSPS) is 11.4. The molecule has 0 aliphatic rings. The molecular weight excluding hydrogens is 352 g/mol. The summed E-state index contributed by atoms with van der Waals surface area (Å²) >= 11 is 5.81. The Labute approximate surface area is 145 Å². The fraction of sp³-hybridized carbons (Fsp3) is 0.250.